The lowest BCUT2D eigenvalue weighted by molar-refractivity contribution is 0.0458. The molecular formula is C21H21FN2O3S. The molecule has 146 valence electrons. The van der Waals surface area contributed by atoms with E-state index in [1.165, 1.54) is 23.5 Å². The van der Waals surface area contributed by atoms with Crippen molar-refractivity contribution in [1.29, 1.82) is 0 Å². The van der Waals surface area contributed by atoms with Crippen molar-refractivity contribution in [2.24, 2.45) is 5.92 Å². The van der Waals surface area contributed by atoms with E-state index in [1.54, 1.807) is 29.4 Å². The van der Waals surface area contributed by atoms with E-state index >= 15 is 0 Å². The van der Waals surface area contributed by atoms with Crippen LogP contribution in [-0.2, 0) is 0 Å². The first-order chi connectivity index (χ1) is 13.5. The van der Waals surface area contributed by atoms with Crippen molar-refractivity contribution in [2.45, 2.75) is 25.9 Å². The van der Waals surface area contributed by atoms with Crippen molar-refractivity contribution in [2.75, 3.05) is 13.1 Å². The van der Waals surface area contributed by atoms with E-state index in [9.17, 15) is 14.3 Å². The van der Waals surface area contributed by atoms with Crippen LogP contribution in [0.15, 0.2) is 47.1 Å². The van der Waals surface area contributed by atoms with Crippen molar-refractivity contribution in [3.63, 3.8) is 0 Å². The summed E-state index contributed by atoms with van der Waals surface area (Å²) in [7, 11) is 0. The summed E-state index contributed by atoms with van der Waals surface area (Å²) in [6, 6.07) is 9.58. The van der Waals surface area contributed by atoms with Gasteiger partial charge in [-0.05, 0) is 55.5 Å². The van der Waals surface area contributed by atoms with Crippen molar-refractivity contribution in [3.8, 4) is 10.8 Å². The lowest BCUT2D eigenvalue weighted by Gasteiger charge is -2.34. The molecule has 2 aromatic heterocycles. The van der Waals surface area contributed by atoms with Crippen LogP contribution in [0.5, 0.6) is 0 Å². The van der Waals surface area contributed by atoms with Crippen LogP contribution < -0.4 is 0 Å². The number of amides is 1. The van der Waals surface area contributed by atoms with Crippen molar-refractivity contribution in [3.05, 3.63) is 64.6 Å². The summed E-state index contributed by atoms with van der Waals surface area (Å²) in [5.41, 5.74) is 1.18. The summed E-state index contributed by atoms with van der Waals surface area (Å²) in [5, 5.41) is 11.3. The van der Waals surface area contributed by atoms with Gasteiger partial charge in [-0.2, -0.15) is 0 Å². The number of thiazole rings is 1. The van der Waals surface area contributed by atoms with Crippen LogP contribution in [0, 0.1) is 18.7 Å². The maximum Gasteiger partial charge on any atom is 0.273 e. The average Bonchev–Trinajstić information content (AvgIpc) is 3.37. The molecule has 1 amide bonds. The summed E-state index contributed by atoms with van der Waals surface area (Å²) < 4.78 is 18.5. The summed E-state index contributed by atoms with van der Waals surface area (Å²) in [4.78, 5) is 20.1. The zero-order valence-corrected chi connectivity index (χ0v) is 16.3. The van der Waals surface area contributed by atoms with Gasteiger partial charge in [0.1, 0.15) is 11.5 Å². The number of rotatable bonds is 4. The minimum Gasteiger partial charge on any atom is -0.462 e. The van der Waals surface area contributed by atoms with Crippen molar-refractivity contribution >= 4 is 17.2 Å². The highest BCUT2D eigenvalue weighted by atomic mass is 32.1. The summed E-state index contributed by atoms with van der Waals surface area (Å²) in [5.74, 6) is 0.309. The topological polar surface area (TPSA) is 66.6 Å². The number of benzene rings is 1. The third-order valence-electron chi connectivity index (χ3n) is 5.22. The van der Waals surface area contributed by atoms with Crippen molar-refractivity contribution < 1.29 is 18.7 Å². The van der Waals surface area contributed by atoms with E-state index in [0.29, 0.717) is 48.0 Å². The highest BCUT2D eigenvalue weighted by Crippen LogP contribution is 2.33. The van der Waals surface area contributed by atoms with Crippen molar-refractivity contribution in [1.82, 2.24) is 9.88 Å². The zero-order valence-electron chi connectivity index (χ0n) is 15.5. The molecular weight excluding hydrogens is 379 g/mol. The molecule has 3 aromatic rings. The Kier molecular flexibility index (Phi) is 5.28. The van der Waals surface area contributed by atoms with Gasteiger partial charge in [0.05, 0.1) is 12.4 Å². The molecule has 1 unspecified atom stereocenters. The van der Waals surface area contributed by atoms with E-state index < -0.39 is 6.10 Å². The molecule has 28 heavy (non-hydrogen) atoms. The Bertz CT molecular complexity index is 945. The fourth-order valence-electron chi connectivity index (χ4n) is 3.60. The maximum absolute atomic E-state index is 13.1. The number of hydrogen-bond acceptors (Lipinski definition) is 5. The highest BCUT2D eigenvalue weighted by molar-refractivity contribution is 7.15. The maximum atomic E-state index is 13.1. The lowest BCUT2D eigenvalue weighted by Crippen LogP contribution is -2.40. The van der Waals surface area contributed by atoms with Crippen LogP contribution in [0.3, 0.4) is 0 Å². The number of aliphatic hydroxyl groups excluding tert-OH is 1. The minimum atomic E-state index is -0.649. The fraction of sp³-hybridized carbons (Fsp3) is 0.333. The second-order valence-corrected chi connectivity index (χ2v) is 8.23. The molecule has 4 rings (SSSR count). The lowest BCUT2D eigenvalue weighted by atomic mass is 9.87. The second-order valence-electron chi connectivity index (χ2n) is 7.03. The Labute approximate surface area is 166 Å². The van der Waals surface area contributed by atoms with E-state index in [2.05, 4.69) is 4.98 Å². The third-order valence-corrected chi connectivity index (χ3v) is 6.20. The molecule has 1 aromatic carbocycles. The Hall–Kier alpha value is -2.51. The van der Waals surface area contributed by atoms with Gasteiger partial charge >= 0.3 is 0 Å². The molecule has 1 N–H and O–H groups in total. The largest absolute Gasteiger partial charge is 0.462 e. The number of likely N-dealkylation sites (tertiary alicyclic amines) is 1. The van der Waals surface area contributed by atoms with Gasteiger partial charge in [-0.15, -0.1) is 11.3 Å². The van der Waals surface area contributed by atoms with E-state index in [0.717, 1.165) is 4.88 Å². The number of hydrogen-bond donors (Lipinski definition) is 1. The molecule has 7 heteroatoms. The van der Waals surface area contributed by atoms with Crippen LogP contribution in [0.2, 0.25) is 0 Å². The number of furan rings is 1. The minimum absolute atomic E-state index is 0.0460. The number of carbonyl (C=O) groups excluding carboxylic acids is 1. The van der Waals surface area contributed by atoms with Gasteiger partial charge in [0.2, 0.25) is 0 Å². The summed E-state index contributed by atoms with van der Waals surface area (Å²) in [6.07, 6.45) is 2.33. The molecule has 0 saturated carbocycles. The predicted octanol–water partition coefficient (Wildman–Crippen LogP) is 4.44. The molecule has 3 heterocycles. The molecule has 0 aliphatic carbocycles. The molecule has 1 aliphatic heterocycles. The van der Waals surface area contributed by atoms with Gasteiger partial charge in [-0.25, -0.2) is 9.37 Å². The number of carbonyl (C=O) groups is 1. The van der Waals surface area contributed by atoms with E-state index in [1.807, 2.05) is 13.0 Å². The first kappa shape index (κ1) is 18.8. The smallest absolute Gasteiger partial charge is 0.273 e. The first-order valence-corrected chi connectivity index (χ1v) is 10.1. The number of aryl methyl sites for hydroxylation is 1. The second kappa shape index (κ2) is 7.85. The normalized spacial score (nSPS) is 16.3. The van der Waals surface area contributed by atoms with Crippen LogP contribution in [0.25, 0.3) is 10.8 Å². The quantitative estimate of drug-likeness (QED) is 0.703. The SMILES string of the molecule is Cc1sc(-c2ccco2)nc1C(=O)N1CCC(C(O)c2ccc(F)cc2)CC1. The predicted molar refractivity (Wildman–Crippen MR) is 105 cm³/mol. The van der Waals surface area contributed by atoms with Gasteiger partial charge in [-0.1, -0.05) is 12.1 Å². The summed E-state index contributed by atoms with van der Waals surface area (Å²) in [6.45, 7) is 3.02. The van der Waals surface area contributed by atoms with Crippen LogP contribution in [0.4, 0.5) is 4.39 Å². The molecule has 1 atom stereocenters. The third kappa shape index (κ3) is 3.72. The molecule has 5 nitrogen and oxygen atoms in total. The van der Waals surface area contributed by atoms with Crippen LogP contribution in [-0.4, -0.2) is 34.0 Å². The van der Waals surface area contributed by atoms with Gasteiger partial charge in [0.15, 0.2) is 10.8 Å². The van der Waals surface area contributed by atoms with Gasteiger partial charge in [0.25, 0.3) is 5.91 Å². The van der Waals surface area contributed by atoms with Gasteiger partial charge in [0, 0.05) is 18.0 Å². The molecule has 0 radical (unpaired) electrons. The number of halogens is 1. The number of nitrogens with zero attached hydrogens (tertiary/aromatic N) is 2. The highest BCUT2D eigenvalue weighted by Gasteiger charge is 2.30. The number of aromatic nitrogens is 1. The Morgan fingerprint density at radius 1 is 1.29 bits per heavy atom. The number of piperidine rings is 1. The summed E-state index contributed by atoms with van der Waals surface area (Å²) >= 11 is 1.45. The van der Waals surface area contributed by atoms with Gasteiger partial charge in [-0.3, -0.25) is 4.79 Å². The Morgan fingerprint density at radius 3 is 2.64 bits per heavy atom. The standard InChI is InChI=1S/C21H21FN2O3S/c1-13-18(23-20(28-13)17-3-2-12-27-17)21(26)24-10-8-15(9-11-24)19(25)14-4-6-16(22)7-5-14/h2-7,12,15,19,25H,8-11H2,1H3. The monoisotopic (exact) mass is 400 g/mol. The van der Waals surface area contributed by atoms with Gasteiger partial charge < -0.3 is 14.4 Å². The van der Waals surface area contributed by atoms with E-state index in [-0.39, 0.29) is 17.6 Å². The Morgan fingerprint density at radius 2 is 2.00 bits per heavy atom. The van der Waals surface area contributed by atoms with Crippen LogP contribution >= 0.6 is 11.3 Å². The molecule has 1 fully saturated rings. The van der Waals surface area contributed by atoms with E-state index in [4.69, 9.17) is 4.42 Å². The molecule has 1 saturated heterocycles. The average molecular weight is 400 g/mol. The Balaban J connectivity index is 1.41. The zero-order chi connectivity index (χ0) is 19.7. The number of aliphatic hydroxyl groups is 1. The molecule has 0 spiro atoms. The molecule has 1 aliphatic rings. The van der Waals surface area contributed by atoms with Crippen LogP contribution in [0.1, 0.15) is 39.9 Å². The fourth-order valence-corrected chi connectivity index (χ4v) is 4.47. The first-order valence-electron chi connectivity index (χ1n) is 9.27. The molecule has 0 bridgehead atoms.